The summed E-state index contributed by atoms with van der Waals surface area (Å²) in [6.45, 7) is 4.36. The van der Waals surface area contributed by atoms with Gasteiger partial charge in [0.1, 0.15) is 11.6 Å². The van der Waals surface area contributed by atoms with E-state index in [1.54, 1.807) is 0 Å². The second kappa shape index (κ2) is 9.96. The van der Waals surface area contributed by atoms with E-state index in [1.165, 1.54) is 21.2 Å². The van der Waals surface area contributed by atoms with E-state index in [9.17, 15) is 14.4 Å². The average molecular weight is 436 g/mol. The Hall–Kier alpha value is -2.56. The van der Waals surface area contributed by atoms with Crippen molar-refractivity contribution in [2.45, 2.75) is 76.5 Å². The van der Waals surface area contributed by atoms with E-state index in [0.717, 1.165) is 50.8 Å². The molecule has 1 aliphatic rings. The van der Waals surface area contributed by atoms with Crippen molar-refractivity contribution in [3.05, 3.63) is 26.7 Å². The number of carbonyl (C=O) groups excluding carboxylic acids is 1. The molecule has 0 radical (unpaired) electrons. The third-order valence-electron chi connectivity index (χ3n) is 5.32. The van der Waals surface area contributed by atoms with E-state index >= 15 is 0 Å². The summed E-state index contributed by atoms with van der Waals surface area (Å²) in [6, 6.07) is -0.114. The highest BCUT2D eigenvalue weighted by molar-refractivity contribution is 7.99. The minimum atomic E-state index is -0.623. The predicted molar refractivity (Wildman–Crippen MR) is 117 cm³/mol. The van der Waals surface area contributed by atoms with Crippen molar-refractivity contribution in [1.82, 2.24) is 24.7 Å². The molecule has 0 spiro atoms. The number of anilines is 2. The van der Waals surface area contributed by atoms with Crippen LogP contribution < -0.4 is 21.9 Å². The molecular weight excluding hydrogens is 406 g/mol. The third-order valence-corrected chi connectivity index (χ3v) is 6.15. The number of nitrogens with zero attached hydrogens (tertiary/aromatic N) is 4. The zero-order chi connectivity index (χ0) is 21.7. The number of hydrogen-bond donors (Lipinski definition) is 3. The number of unbranched alkanes of at least 4 members (excludes halogenated alkanes) is 1. The van der Waals surface area contributed by atoms with Crippen LogP contribution in [0.2, 0.25) is 0 Å². The van der Waals surface area contributed by atoms with E-state index in [-0.39, 0.29) is 29.2 Å². The molecule has 30 heavy (non-hydrogen) atoms. The monoisotopic (exact) mass is 435 g/mol. The summed E-state index contributed by atoms with van der Waals surface area (Å²) >= 11 is 1.21. The van der Waals surface area contributed by atoms with Gasteiger partial charge in [-0.15, -0.1) is 5.10 Å². The number of nitrogens with one attached hydrogen (secondary N) is 2. The highest BCUT2D eigenvalue weighted by atomic mass is 32.2. The molecule has 10 nitrogen and oxygen atoms in total. The van der Waals surface area contributed by atoms with E-state index < -0.39 is 11.2 Å². The van der Waals surface area contributed by atoms with Crippen LogP contribution in [0.3, 0.4) is 0 Å². The van der Waals surface area contributed by atoms with E-state index in [4.69, 9.17) is 5.73 Å². The zero-order valence-electron chi connectivity index (χ0n) is 17.4. The number of thioether (sulfide) groups is 1. The first-order chi connectivity index (χ1) is 14.5. The van der Waals surface area contributed by atoms with E-state index in [2.05, 4.69) is 20.2 Å². The molecule has 1 saturated carbocycles. The molecule has 3 rings (SSSR count). The van der Waals surface area contributed by atoms with Gasteiger partial charge in [-0.3, -0.25) is 24.2 Å². The molecule has 0 bridgehead atoms. The minimum absolute atomic E-state index is 0.0496. The van der Waals surface area contributed by atoms with Gasteiger partial charge in [0.05, 0.1) is 5.75 Å². The van der Waals surface area contributed by atoms with Crippen molar-refractivity contribution in [2.24, 2.45) is 0 Å². The quantitative estimate of drug-likeness (QED) is 0.508. The lowest BCUT2D eigenvalue weighted by atomic mass is 10.2. The summed E-state index contributed by atoms with van der Waals surface area (Å²) in [7, 11) is 0. The number of aromatic amines is 2. The molecule has 0 atom stereocenters. The molecule has 11 heteroatoms. The van der Waals surface area contributed by atoms with Gasteiger partial charge >= 0.3 is 5.69 Å². The number of carbonyl (C=O) groups is 1. The van der Waals surface area contributed by atoms with Gasteiger partial charge in [-0.2, -0.15) is 0 Å². The van der Waals surface area contributed by atoms with Crippen LogP contribution in [0.4, 0.5) is 11.5 Å². The molecule has 0 aromatic carbocycles. The number of aryl methyl sites for hydroxylation is 1. The van der Waals surface area contributed by atoms with Crippen LogP contribution >= 0.6 is 11.8 Å². The van der Waals surface area contributed by atoms with Gasteiger partial charge < -0.3 is 10.6 Å². The van der Waals surface area contributed by atoms with Crippen LogP contribution in [0.15, 0.2) is 14.7 Å². The standard InChI is InChI=1S/C19H29N7O3S/c1-3-5-10-25-16(20)15(17(28)22-19(25)29)26(12-8-6-7-9-12)14(27)11-30-18-21-13(4-2)23-24-18/h12H,3-11,20H2,1-2H3,(H,21,23,24)(H,22,28,29). The Kier molecular flexibility index (Phi) is 7.35. The summed E-state index contributed by atoms with van der Waals surface area (Å²) < 4.78 is 1.35. The number of nitrogens with two attached hydrogens (primary N) is 1. The van der Waals surface area contributed by atoms with Gasteiger partial charge in [-0.1, -0.05) is 44.9 Å². The van der Waals surface area contributed by atoms with Crippen LogP contribution in [-0.4, -0.2) is 42.4 Å². The van der Waals surface area contributed by atoms with Crippen molar-refractivity contribution in [1.29, 1.82) is 0 Å². The van der Waals surface area contributed by atoms with Gasteiger partial charge in [-0.05, 0) is 19.3 Å². The Morgan fingerprint density at radius 3 is 2.67 bits per heavy atom. The Balaban J connectivity index is 1.92. The van der Waals surface area contributed by atoms with Gasteiger partial charge in [0.2, 0.25) is 11.1 Å². The van der Waals surface area contributed by atoms with Crippen LogP contribution in [0.1, 0.15) is 58.2 Å². The first-order valence-electron chi connectivity index (χ1n) is 10.4. The summed E-state index contributed by atoms with van der Waals surface area (Å²) in [5, 5.41) is 7.42. The van der Waals surface area contributed by atoms with Crippen molar-refractivity contribution in [2.75, 3.05) is 16.4 Å². The van der Waals surface area contributed by atoms with Gasteiger partial charge in [0, 0.05) is 19.0 Å². The third kappa shape index (κ3) is 4.77. The van der Waals surface area contributed by atoms with Crippen LogP contribution in [0.25, 0.3) is 0 Å². The second-order valence-electron chi connectivity index (χ2n) is 7.41. The Morgan fingerprint density at radius 1 is 1.30 bits per heavy atom. The lowest BCUT2D eigenvalue weighted by molar-refractivity contribution is -0.116. The molecule has 164 valence electrons. The number of rotatable bonds is 9. The second-order valence-corrected chi connectivity index (χ2v) is 8.35. The first-order valence-corrected chi connectivity index (χ1v) is 11.4. The molecule has 0 unspecified atom stereocenters. The molecular formula is C19H29N7O3S. The van der Waals surface area contributed by atoms with Crippen molar-refractivity contribution < 1.29 is 4.79 Å². The fourth-order valence-corrected chi connectivity index (χ4v) is 4.39. The van der Waals surface area contributed by atoms with Gasteiger partial charge in [0.25, 0.3) is 5.56 Å². The van der Waals surface area contributed by atoms with Gasteiger partial charge in [-0.25, -0.2) is 9.78 Å². The molecule has 1 fully saturated rings. The number of amides is 1. The maximum Gasteiger partial charge on any atom is 0.330 e. The molecule has 2 aromatic rings. The SMILES string of the molecule is CCCCn1c(N)c(N(C(=O)CSc2n[nH]c(CC)n2)C2CCCC2)c(=O)[nH]c1=O. The van der Waals surface area contributed by atoms with E-state index in [1.807, 2.05) is 13.8 Å². The smallest absolute Gasteiger partial charge is 0.330 e. The number of nitrogen functional groups attached to an aromatic ring is 1. The highest BCUT2D eigenvalue weighted by Crippen LogP contribution is 2.30. The largest absolute Gasteiger partial charge is 0.383 e. The van der Waals surface area contributed by atoms with Crippen LogP contribution in [-0.2, 0) is 17.8 Å². The lowest BCUT2D eigenvalue weighted by Crippen LogP contribution is -2.46. The molecule has 4 N–H and O–H groups in total. The molecule has 1 aliphatic carbocycles. The molecule has 2 aromatic heterocycles. The first kappa shape index (κ1) is 22.1. The number of H-pyrrole nitrogens is 2. The van der Waals surface area contributed by atoms with Crippen LogP contribution in [0, 0.1) is 0 Å². The lowest BCUT2D eigenvalue weighted by Gasteiger charge is -2.29. The highest BCUT2D eigenvalue weighted by Gasteiger charge is 2.32. The zero-order valence-corrected chi connectivity index (χ0v) is 18.3. The molecule has 1 amide bonds. The Labute approximate surface area is 178 Å². The van der Waals surface area contributed by atoms with Crippen molar-refractivity contribution in [3.8, 4) is 0 Å². The maximum absolute atomic E-state index is 13.2. The predicted octanol–water partition coefficient (Wildman–Crippen LogP) is 1.67. The molecule has 0 saturated heterocycles. The number of hydrogen-bond acceptors (Lipinski definition) is 7. The summed E-state index contributed by atoms with van der Waals surface area (Å²) in [5.41, 5.74) is 5.18. The fraction of sp³-hybridized carbons (Fsp3) is 0.632. The average Bonchev–Trinajstić information content (AvgIpc) is 3.41. The van der Waals surface area contributed by atoms with E-state index in [0.29, 0.717) is 11.7 Å². The van der Waals surface area contributed by atoms with Crippen molar-refractivity contribution in [3.63, 3.8) is 0 Å². The van der Waals surface area contributed by atoms with Crippen LogP contribution in [0.5, 0.6) is 0 Å². The summed E-state index contributed by atoms with van der Waals surface area (Å²) in [6.07, 6.45) is 5.90. The maximum atomic E-state index is 13.2. The summed E-state index contributed by atoms with van der Waals surface area (Å²) in [5.74, 6) is 0.632. The fourth-order valence-electron chi connectivity index (χ4n) is 3.72. The van der Waals surface area contributed by atoms with Crippen molar-refractivity contribution >= 4 is 29.2 Å². The Bertz CT molecular complexity index is 991. The summed E-state index contributed by atoms with van der Waals surface area (Å²) in [4.78, 5) is 46.4. The minimum Gasteiger partial charge on any atom is -0.383 e. The molecule has 0 aliphatic heterocycles. The normalized spacial score (nSPS) is 14.3. The van der Waals surface area contributed by atoms with Gasteiger partial charge in [0.15, 0.2) is 5.69 Å². The Morgan fingerprint density at radius 2 is 2.03 bits per heavy atom. The molecule has 2 heterocycles. The topological polar surface area (TPSA) is 143 Å². The number of aromatic nitrogens is 5.